The van der Waals surface area contributed by atoms with Crippen LogP contribution in [0.5, 0.6) is 0 Å². The lowest BCUT2D eigenvalue weighted by Crippen LogP contribution is -2.57. The van der Waals surface area contributed by atoms with Crippen LogP contribution in [0, 0.1) is 11.8 Å². The van der Waals surface area contributed by atoms with Crippen molar-refractivity contribution in [3.8, 4) is 0 Å². The van der Waals surface area contributed by atoms with E-state index in [1.165, 1.54) is 9.80 Å². The number of nitrogens with two attached hydrogens (primary N) is 1. The number of carbonyl (C=O) groups is 4. The number of nitrogens with zero attached hydrogens (tertiary/aromatic N) is 2. The van der Waals surface area contributed by atoms with Gasteiger partial charge < -0.3 is 25.0 Å². The lowest BCUT2D eigenvalue weighted by molar-refractivity contribution is -0.168. The maximum Gasteiger partial charge on any atom is 0.329 e. The molecule has 1 saturated heterocycles. The van der Waals surface area contributed by atoms with Gasteiger partial charge in [-0.2, -0.15) is 0 Å². The van der Waals surface area contributed by atoms with E-state index in [-0.39, 0.29) is 18.2 Å². The van der Waals surface area contributed by atoms with Crippen molar-refractivity contribution in [3.05, 3.63) is 35.9 Å². The van der Waals surface area contributed by atoms with Crippen molar-refractivity contribution in [1.82, 2.24) is 9.80 Å². The van der Waals surface area contributed by atoms with Crippen molar-refractivity contribution in [3.63, 3.8) is 0 Å². The Morgan fingerprint density at radius 3 is 2.21 bits per heavy atom. The van der Waals surface area contributed by atoms with E-state index < -0.39 is 53.6 Å². The number of likely N-dealkylation sites (tertiary alicyclic amines) is 1. The van der Waals surface area contributed by atoms with Crippen LogP contribution >= 0.6 is 0 Å². The average molecular weight is 532 g/mol. The molecule has 1 aliphatic heterocycles. The second-order valence-corrected chi connectivity index (χ2v) is 11.6. The van der Waals surface area contributed by atoms with Crippen LogP contribution in [-0.4, -0.2) is 77.0 Å². The summed E-state index contributed by atoms with van der Waals surface area (Å²) in [7, 11) is 1.55. The summed E-state index contributed by atoms with van der Waals surface area (Å²) in [5.41, 5.74) is 6.03. The summed E-state index contributed by atoms with van der Waals surface area (Å²) in [6, 6.07) is 7.26. The molecule has 9 heteroatoms. The van der Waals surface area contributed by atoms with Crippen molar-refractivity contribution < 1.29 is 28.7 Å². The Hall–Kier alpha value is -2.94. The molecule has 9 nitrogen and oxygen atoms in total. The fourth-order valence-corrected chi connectivity index (χ4v) is 4.55. The largest absolute Gasteiger partial charge is 0.458 e. The molecule has 0 radical (unpaired) electrons. The standard InChI is InChI=1S/C29H45N3O6/c1-18(2)24(26(34)32-16-12-15-22(32)28(36)38-29(5,6)7)31(8)25(33)23(17-21-13-10-9-11-14-21)37-27(35)19(3)20(4)30/h9-11,13-14,18-20,22-24H,12,15-17,30H2,1-8H3/t19-,20-,22+,23+,24+/m1/s1. The number of benzene rings is 1. The van der Waals surface area contributed by atoms with Gasteiger partial charge in [-0.25, -0.2) is 4.79 Å². The van der Waals surface area contributed by atoms with E-state index in [0.717, 1.165) is 5.56 Å². The molecule has 0 aliphatic carbocycles. The van der Waals surface area contributed by atoms with Crippen LogP contribution in [0.4, 0.5) is 0 Å². The fraction of sp³-hybridized carbons (Fsp3) is 0.655. The monoisotopic (exact) mass is 531 g/mol. The highest BCUT2D eigenvalue weighted by atomic mass is 16.6. The molecule has 1 fully saturated rings. The van der Waals surface area contributed by atoms with Gasteiger partial charge in [0.1, 0.15) is 17.7 Å². The second-order valence-electron chi connectivity index (χ2n) is 11.6. The summed E-state index contributed by atoms with van der Waals surface area (Å²) < 4.78 is 11.3. The molecule has 2 rings (SSSR count). The molecule has 0 aromatic heterocycles. The molecule has 1 heterocycles. The summed E-state index contributed by atoms with van der Waals surface area (Å²) in [4.78, 5) is 56.1. The molecule has 0 bridgehead atoms. The Balaban J connectivity index is 2.31. The first kappa shape index (κ1) is 31.3. The molecule has 0 spiro atoms. The lowest BCUT2D eigenvalue weighted by Gasteiger charge is -2.37. The van der Waals surface area contributed by atoms with E-state index in [2.05, 4.69) is 0 Å². The van der Waals surface area contributed by atoms with E-state index in [1.54, 1.807) is 41.7 Å². The third-order valence-electron chi connectivity index (χ3n) is 6.82. The maximum absolute atomic E-state index is 13.8. The number of ether oxygens (including phenoxy) is 2. The van der Waals surface area contributed by atoms with E-state index >= 15 is 0 Å². The van der Waals surface area contributed by atoms with Gasteiger partial charge in [0.2, 0.25) is 5.91 Å². The zero-order chi connectivity index (χ0) is 28.8. The van der Waals surface area contributed by atoms with Gasteiger partial charge in [-0.15, -0.1) is 0 Å². The van der Waals surface area contributed by atoms with Gasteiger partial charge in [-0.3, -0.25) is 14.4 Å². The lowest BCUT2D eigenvalue weighted by atomic mass is 9.99. The van der Waals surface area contributed by atoms with Gasteiger partial charge in [-0.1, -0.05) is 51.1 Å². The van der Waals surface area contributed by atoms with Gasteiger partial charge in [0, 0.05) is 26.1 Å². The van der Waals surface area contributed by atoms with Crippen molar-refractivity contribution in [2.75, 3.05) is 13.6 Å². The molecule has 2 N–H and O–H groups in total. The molecule has 1 aromatic carbocycles. The van der Waals surface area contributed by atoms with E-state index in [0.29, 0.717) is 19.4 Å². The zero-order valence-electron chi connectivity index (χ0n) is 24.1. The van der Waals surface area contributed by atoms with Crippen LogP contribution in [0.2, 0.25) is 0 Å². The minimum absolute atomic E-state index is 0.157. The van der Waals surface area contributed by atoms with E-state index in [9.17, 15) is 19.2 Å². The van der Waals surface area contributed by atoms with Gasteiger partial charge in [0.05, 0.1) is 5.92 Å². The molecular weight excluding hydrogens is 486 g/mol. The van der Waals surface area contributed by atoms with E-state index in [1.807, 2.05) is 44.2 Å². The summed E-state index contributed by atoms with van der Waals surface area (Å²) in [6.45, 7) is 12.8. The van der Waals surface area contributed by atoms with Gasteiger partial charge in [0.15, 0.2) is 6.10 Å². The Labute approximate surface area is 227 Å². The fourth-order valence-electron chi connectivity index (χ4n) is 4.55. The van der Waals surface area contributed by atoms with Crippen LogP contribution in [0.1, 0.15) is 66.9 Å². The van der Waals surface area contributed by atoms with Crippen LogP contribution in [-0.2, 0) is 35.1 Å². The average Bonchev–Trinajstić information content (AvgIpc) is 3.32. The zero-order valence-corrected chi connectivity index (χ0v) is 24.1. The third-order valence-corrected chi connectivity index (χ3v) is 6.82. The predicted molar refractivity (Wildman–Crippen MR) is 145 cm³/mol. The van der Waals surface area contributed by atoms with Crippen LogP contribution in [0.3, 0.4) is 0 Å². The minimum Gasteiger partial charge on any atom is -0.458 e. The summed E-state index contributed by atoms with van der Waals surface area (Å²) in [5, 5.41) is 0. The van der Waals surface area contributed by atoms with Crippen molar-refractivity contribution in [2.45, 2.75) is 97.6 Å². The van der Waals surface area contributed by atoms with Gasteiger partial charge in [0.25, 0.3) is 5.91 Å². The highest BCUT2D eigenvalue weighted by Crippen LogP contribution is 2.25. The molecule has 1 aliphatic rings. The minimum atomic E-state index is -1.13. The number of rotatable bonds is 10. The smallest absolute Gasteiger partial charge is 0.329 e. The Kier molecular flexibility index (Phi) is 10.9. The van der Waals surface area contributed by atoms with Crippen molar-refractivity contribution in [1.29, 1.82) is 0 Å². The number of hydrogen-bond acceptors (Lipinski definition) is 7. The molecular formula is C29H45N3O6. The van der Waals surface area contributed by atoms with Gasteiger partial charge >= 0.3 is 11.9 Å². The topological polar surface area (TPSA) is 119 Å². The second kappa shape index (κ2) is 13.2. The molecule has 2 amide bonds. The Bertz CT molecular complexity index is 972. The molecule has 0 unspecified atom stereocenters. The Morgan fingerprint density at radius 1 is 1.08 bits per heavy atom. The molecule has 5 atom stereocenters. The van der Waals surface area contributed by atoms with Crippen molar-refractivity contribution >= 4 is 23.8 Å². The highest BCUT2D eigenvalue weighted by Gasteiger charge is 2.43. The summed E-state index contributed by atoms with van der Waals surface area (Å²) >= 11 is 0. The van der Waals surface area contributed by atoms with Crippen LogP contribution in [0.25, 0.3) is 0 Å². The quantitative estimate of drug-likeness (QED) is 0.461. The number of esters is 2. The van der Waals surface area contributed by atoms with Crippen LogP contribution < -0.4 is 5.73 Å². The molecule has 38 heavy (non-hydrogen) atoms. The molecule has 1 aromatic rings. The third kappa shape index (κ3) is 8.28. The Morgan fingerprint density at radius 2 is 1.68 bits per heavy atom. The first-order valence-corrected chi connectivity index (χ1v) is 13.4. The SMILES string of the molecule is CC(C)[C@@H](C(=O)N1CCC[C@H]1C(=O)OC(C)(C)C)N(C)C(=O)[C@H](Cc1ccccc1)OC(=O)[C@H](C)[C@@H](C)N. The predicted octanol–water partition coefficient (Wildman–Crippen LogP) is 2.94. The first-order valence-electron chi connectivity index (χ1n) is 13.4. The number of hydrogen-bond donors (Lipinski definition) is 1. The van der Waals surface area contributed by atoms with Crippen LogP contribution in [0.15, 0.2) is 30.3 Å². The molecule has 0 saturated carbocycles. The summed E-state index contributed by atoms with van der Waals surface area (Å²) in [5.74, 6) is -2.68. The number of carbonyl (C=O) groups excluding carboxylic acids is 4. The van der Waals surface area contributed by atoms with Gasteiger partial charge in [-0.05, 0) is 52.0 Å². The number of likely N-dealkylation sites (N-methyl/N-ethyl adjacent to an activating group) is 1. The normalized spacial score (nSPS) is 18.9. The molecule has 212 valence electrons. The van der Waals surface area contributed by atoms with Crippen molar-refractivity contribution in [2.24, 2.45) is 17.6 Å². The van der Waals surface area contributed by atoms with E-state index in [4.69, 9.17) is 15.2 Å². The highest BCUT2D eigenvalue weighted by molar-refractivity contribution is 5.93. The first-order chi connectivity index (χ1) is 17.6. The maximum atomic E-state index is 13.8. The summed E-state index contributed by atoms with van der Waals surface area (Å²) in [6.07, 6.45) is 0.198. The number of amides is 2.